The Labute approximate surface area is 185 Å². The Morgan fingerprint density at radius 2 is 2.00 bits per heavy atom. The van der Waals surface area contributed by atoms with Crippen LogP contribution in [0.1, 0.15) is 43.1 Å². The minimum Gasteiger partial charge on any atom is -0.490 e. The van der Waals surface area contributed by atoms with Crippen LogP contribution < -0.4 is 25.8 Å². The third-order valence-electron chi connectivity index (χ3n) is 4.39. The average molecular weight is 461 g/mol. The second-order valence-electron chi connectivity index (χ2n) is 7.69. The van der Waals surface area contributed by atoms with Crippen LogP contribution in [-0.4, -0.2) is 43.2 Å². The van der Waals surface area contributed by atoms with Crippen LogP contribution in [0.25, 0.3) is 0 Å². The quantitative estimate of drug-likeness (QED) is 0.485. The van der Waals surface area contributed by atoms with E-state index in [0.717, 1.165) is 0 Å². The number of hydrogen-bond donors (Lipinski definition) is 4. The summed E-state index contributed by atoms with van der Waals surface area (Å²) in [6, 6.07) is 7.81. The van der Waals surface area contributed by atoms with Crippen LogP contribution in [0.15, 0.2) is 40.9 Å². The van der Waals surface area contributed by atoms with Gasteiger partial charge >= 0.3 is 10.2 Å². The molecule has 5 N–H and O–H groups in total. The summed E-state index contributed by atoms with van der Waals surface area (Å²) in [4.78, 5) is 28.3. The SMILES string of the molecule is CCC(=O)Nc1cc(C(=O)NC(C)(C)COc2cccc3c2C(N)=NS(=O)(=O)N3)ccn1. The molecule has 0 atom stereocenters. The molecule has 0 unspecified atom stereocenters. The number of benzene rings is 1. The van der Waals surface area contributed by atoms with Crippen molar-refractivity contribution in [1.29, 1.82) is 0 Å². The molecule has 12 heteroatoms. The van der Waals surface area contributed by atoms with Gasteiger partial charge < -0.3 is 21.1 Å². The maximum Gasteiger partial charge on any atom is 0.344 e. The van der Waals surface area contributed by atoms with Crippen LogP contribution >= 0.6 is 0 Å². The molecule has 0 spiro atoms. The second kappa shape index (κ2) is 8.83. The summed E-state index contributed by atoms with van der Waals surface area (Å²) in [7, 11) is -3.90. The van der Waals surface area contributed by atoms with Crippen LogP contribution in [0.3, 0.4) is 0 Å². The highest BCUT2D eigenvalue weighted by molar-refractivity contribution is 7.91. The zero-order chi connectivity index (χ0) is 23.5. The Morgan fingerprint density at radius 3 is 2.72 bits per heavy atom. The highest BCUT2D eigenvalue weighted by atomic mass is 32.2. The van der Waals surface area contributed by atoms with E-state index in [4.69, 9.17) is 10.5 Å². The van der Waals surface area contributed by atoms with Crippen LogP contribution in [0.2, 0.25) is 0 Å². The molecule has 3 rings (SSSR count). The number of rotatable bonds is 7. The minimum atomic E-state index is -3.90. The van der Waals surface area contributed by atoms with E-state index in [0.29, 0.717) is 23.3 Å². The van der Waals surface area contributed by atoms with Crippen LogP contribution in [0.5, 0.6) is 5.75 Å². The lowest BCUT2D eigenvalue weighted by molar-refractivity contribution is -0.115. The monoisotopic (exact) mass is 460 g/mol. The molecule has 2 heterocycles. The summed E-state index contributed by atoms with van der Waals surface area (Å²) >= 11 is 0. The number of pyridine rings is 1. The van der Waals surface area contributed by atoms with Crippen molar-refractivity contribution in [2.24, 2.45) is 10.1 Å². The smallest absolute Gasteiger partial charge is 0.344 e. The molecule has 0 bridgehead atoms. The van der Waals surface area contributed by atoms with Gasteiger partial charge in [0, 0.05) is 18.2 Å². The molecule has 11 nitrogen and oxygen atoms in total. The van der Waals surface area contributed by atoms with Gasteiger partial charge in [-0.25, -0.2) is 4.98 Å². The first-order valence-corrected chi connectivity index (χ1v) is 11.2. The van der Waals surface area contributed by atoms with Crippen molar-refractivity contribution in [2.75, 3.05) is 16.6 Å². The lowest BCUT2D eigenvalue weighted by Crippen LogP contribution is -2.48. The van der Waals surface area contributed by atoms with Crippen LogP contribution in [0, 0.1) is 0 Å². The fourth-order valence-corrected chi connectivity index (χ4v) is 3.73. The number of nitrogens with one attached hydrogen (secondary N) is 3. The molecule has 0 saturated heterocycles. The van der Waals surface area contributed by atoms with Crippen molar-refractivity contribution in [1.82, 2.24) is 10.3 Å². The fourth-order valence-electron chi connectivity index (χ4n) is 2.88. The predicted octanol–water partition coefficient (Wildman–Crippen LogP) is 1.39. The number of fused-ring (bicyclic) bond motifs is 1. The number of nitrogens with two attached hydrogens (primary N) is 1. The Morgan fingerprint density at radius 1 is 1.25 bits per heavy atom. The molecular weight excluding hydrogens is 436 g/mol. The number of carbonyl (C=O) groups is 2. The van der Waals surface area contributed by atoms with E-state index in [9.17, 15) is 18.0 Å². The predicted molar refractivity (Wildman–Crippen MR) is 120 cm³/mol. The largest absolute Gasteiger partial charge is 0.490 e. The fraction of sp³-hybridized carbons (Fsp3) is 0.300. The first-order valence-electron chi connectivity index (χ1n) is 9.72. The molecule has 2 aromatic rings. The highest BCUT2D eigenvalue weighted by Crippen LogP contribution is 2.30. The summed E-state index contributed by atoms with van der Waals surface area (Å²) < 4.78 is 35.0. The molecule has 1 aliphatic heterocycles. The molecule has 1 aromatic carbocycles. The van der Waals surface area contributed by atoms with Gasteiger partial charge in [0.2, 0.25) is 5.91 Å². The lowest BCUT2D eigenvalue weighted by Gasteiger charge is -2.27. The first-order chi connectivity index (χ1) is 15.0. The highest BCUT2D eigenvalue weighted by Gasteiger charge is 2.27. The Bertz CT molecular complexity index is 1190. The van der Waals surface area contributed by atoms with Crippen LogP contribution in [-0.2, 0) is 15.0 Å². The zero-order valence-corrected chi connectivity index (χ0v) is 18.6. The molecule has 1 aliphatic rings. The van der Waals surface area contributed by atoms with Crippen LogP contribution in [0.4, 0.5) is 11.5 Å². The number of aromatic nitrogens is 1. The lowest BCUT2D eigenvalue weighted by atomic mass is 10.1. The number of hydrogen-bond acceptors (Lipinski definition) is 7. The van der Waals surface area contributed by atoms with E-state index in [1.807, 2.05) is 0 Å². The standard InChI is InChI=1S/C20H24N6O5S/c1-4-16(27)23-15-10-12(8-9-22-15)19(28)24-20(2,3)11-31-14-7-5-6-13-17(14)18(21)26-32(29,30)25-13/h5-10,25H,4,11H2,1-3H3,(H2,21,26)(H,24,28)(H,22,23,27). The van der Waals surface area contributed by atoms with Gasteiger partial charge in [0.05, 0.1) is 16.8 Å². The normalized spacial score (nSPS) is 14.4. The molecule has 0 radical (unpaired) electrons. The number of nitrogens with zero attached hydrogens (tertiary/aromatic N) is 2. The van der Waals surface area contributed by atoms with Gasteiger partial charge in [0.1, 0.15) is 18.2 Å². The van der Waals surface area contributed by atoms with Gasteiger partial charge in [0.15, 0.2) is 5.84 Å². The molecule has 32 heavy (non-hydrogen) atoms. The molecular formula is C20H24N6O5S. The van der Waals surface area contributed by atoms with E-state index < -0.39 is 15.7 Å². The first kappa shape index (κ1) is 23.0. The molecule has 1 aromatic heterocycles. The molecule has 0 fully saturated rings. The van der Waals surface area contributed by atoms with Gasteiger partial charge in [0.25, 0.3) is 5.91 Å². The van der Waals surface area contributed by atoms with E-state index >= 15 is 0 Å². The second-order valence-corrected chi connectivity index (χ2v) is 9.03. The van der Waals surface area contributed by atoms with E-state index in [1.54, 1.807) is 39.0 Å². The number of carbonyl (C=O) groups excluding carboxylic acids is 2. The van der Waals surface area contributed by atoms with Crippen molar-refractivity contribution in [2.45, 2.75) is 32.7 Å². The van der Waals surface area contributed by atoms with E-state index in [1.165, 1.54) is 18.3 Å². The maximum absolute atomic E-state index is 12.7. The van der Waals surface area contributed by atoms with Crippen molar-refractivity contribution < 1.29 is 22.7 Å². The van der Waals surface area contributed by atoms with Gasteiger partial charge in [-0.05, 0) is 38.1 Å². The van der Waals surface area contributed by atoms with Gasteiger partial charge in [-0.1, -0.05) is 13.0 Å². The summed E-state index contributed by atoms with van der Waals surface area (Å²) in [5.41, 5.74) is 5.92. The minimum absolute atomic E-state index is 0.0553. The Hall–Kier alpha value is -3.67. The van der Waals surface area contributed by atoms with Gasteiger partial charge in [-0.2, -0.15) is 8.42 Å². The number of anilines is 2. The molecule has 2 amide bonds. The van der Waals surface area contributed by atoms with E-state index in [2.05, 4.69) is 24.7 Å². The van der Waals surface area contributed by atoms with Crippen molar-refractivity contribution in [3.63, 3.8) is 0 Å². The Balaban J connectivity index is 1.70. The molecule has 0 aliphatic carbocycles. The third kappa shape index (κ3) is 5.52. The Kier molecular flexibility index (Phi) is 6.35. The number of amides is 2. The summed E-state index contributed by atoms with van der Waals surface area (Å²) in [5, 5.41) is 5.47. The van der Waals surface area contributed by atoms with Crippen molar-refractivity contribution in [3.8, 4) is 5.75 Å². The van der Waals surface area contributed by atoms with Crippen molar-refractivity contribution >= 4 is 39.4 Å². The molecule has 170 valence electrons. The summed E-state index contributed by atoms with van der Waals surface area (Å²) in [6.45, 7) is 5.30. The molecule has 0 saturated carbocycles. The average Bonchev–Trinajstić information content (AvgIpc) is 2.71. The summed E-state index contributed by atoms with van der Waals surface area (Å²) in [5.74, 6) is -0.166. The van der Waals surface area contributed by atoms with Crippen molar-refractivity contribution in [3.05, 3.63) is 47.7 Å². The van der Waals surface area contributed by atoms with Gasteiger partial charge in [-0.3, -0.25) is 14.3 Å². The number of amidine groups is 1. The summed E-state index contributed by atoms with van der Waals surface area (Å²) in [6.07, 6.45) is 1.73. The topological polar surface area (TPSA) is 165 Å². The van der Waals surface area contributed by atoms with Gasteiger partial charge in [-0.15, -0.1) is 4.40 Å². The third-order valence-corrected chi connectivity index (χ3v) is 5.31. The maximum atomic E-state index is 12.7. The number of ether oxygens (including phenoxy) is 1. The zero-order valence-electron chi connectivity index (χ0n) is 17.8. The van der Waals surface area contributed by atoms with E-state index in [-0.39, 0.29) is 35.8 Å².